The third-order valence-corrected chi connectivity index (χ3v) is 7.29. The van der Waals surface area contributed by atoms with Gasteiger partial charge in [0.25, 0.3) is 5.91 Å². The largest absolute Gasteiger partial charge is 0.493 e. The van der Waals surface area contributed by atoms with E-state index in [0.29, 0.717) is 17.5 Å². The summed E-state index contributed by atoms with van der Waals surface area (Å²) in [6.07, 6.45) is 3.58. The van der Waals surface area contributed by atoms with E-state index in [1.54, 1.807) is 20.4 Å². The molecule has 7 nitrogen and oxygen atoms in total. The van der Waals surface area contributed by atoms with E-state index in [0.717, 1.165) is 59.2 Å². The zero-order chi connectivity index (χ0) is 24.0. The molecule has 0 bridgehead atoms. The van der Waals surface area contributed by atoms with Crippen molar-refractivity contribution in [2.24, 2.45) is 0 Å². The number of hydrogen-bond donors (Lipinski definition) is 1. The predicted octanol–water partition coefficient (Wildman–Crippen LogP) is 3.73. The van der Waals surface area contributed by atoms with Crippen LogP contribution in [0.5, 0.6) is 11.5 Å². The normalized spacial score (nSPS) is 16.9. The second kappa shape index (κ2) is 8.47. The Kier molecular flexibility index (Phi) is 5.60. The lowest BCUT2D eigenvalue weighted by molar-refractivity contribution is 0.0930. The fourth-order valence-electron chi connectivity index (χ4n) is 4.81. The number of likely N-dealkylation sites (N-methyl/N-ethyl adjacent to an activating group) is 1. The Morgan fingerprint density at radius 3 is 2.44 bits per heavy atom. The molecule has 0 radical (unpaired) electrons. The number of nitrogens with one attached hydrogen (secondary N) is 1. The highest BCUT2D eigenvalue weighted by molar-refractivity contribution is 5.98. The van der Waals surface area contributed by atoms with Gasteiger partial charge in [-0.2, -0.15) is 0 Å². The van der Waals surface area contributed by atoms with E-state index < -0.39 is 5.54 Å². The Bertz CT molecular complexity index is 1250. The summed E-state index contributed by atoms with van der Waals surface area (Å²) >= 11 is 0. The van der Waals surface area contributed by atoms with Crippen LogP contribution in [0.25, 0.3) is 10.9 Å². The summed E-state index contributed by atoms with van der Waals surface area (Å²) in [6, 6.07) is 12.6. The molecule has 5 rings (SSSR count). The van der Waals surface area contributed by atoms with Gasteiger partial charge in [-0.15, -0.1) is 0 Å². The molecule has 0 spiro atoms. The summed E-state index contributed by atoms with van der Waals surface area (Å²) in [5.41, 5.74) is 4.30. The van der Waals surface area contributed by atoms with Crippen molar-refractivity contribution in [3.63, 3.8) is 0 Å². The topological polar surface area (TPSA) is 66.9 Å². The first-order valence-electron chi connectivity index (χ1n) is 11.7. The lowest BCUT2D eigenvalue weighted by Crippen LogP contribution is -2.57. The average molecular weight is 461 g/mol. The van der Waals surface area contributed by atoms with Gasteiger partial charge >= 0.3 is 0 Å². The van der Waals surface area contributed by atoms with Gasteiger partial charge in [0.2, 0.25) is 0 Å². The van der Waals surface area contributed by atoms with Gasteiger partial charge in [0.1, 0.15) is 0 Å². The zero-order valence-corrected chi connectivity index (χ0v) is 20.5. The minimum Gasteiger partial charge on any atom is -0.493 e. The van der Waals surface area contributed by atoms with Crippen LogP contribution in [0.15, 0.2) is 42.6 Å². The number of fused-ring (bicyclic) bond motifs is 1. The van der Waals surface area contributed by atoms with Gasteiger partial charge in [-0.25, -0.2) is 0 Å². The Labute approximate surface area is 200 Å². The molecule has 2 aliphatic rings. The fourth-order valence-corrected chi connectivity index (χ4v) is 4.81. The molecule has 1 amide bonds. The van der Waals surface area contributed by atoms with Gasteiger partial charge in [-0.05, 0) is 69.3 Å². The maximum absolute atomic E-state index is 13.5. The van der Waals surface area contributed by atoms with Gasteiger partial charge < -0.3 is 24.6 Å². The Morgan fingerprint density at radius 1 is 1.09 bits per heavy atom. The third-order valence-electron chi connectivity index (χ3n) is 7.29. The zero-order valence-electron chi connectivity index (χ0n) is 20.5. The number of benzene rings is 2. The molecule has 1 saturated heterocycles. The van der Waals surface area contributed by atoms with Gasteiger partial charge in [0.15, 0.2) is 11.5 Å². The van der Waals surface area contributed by atoms with Crippen LogP contribution < -0.4 is 19.7 Å². The number of nitrogens with zero attached hydrogens (tertiary/aromatic N) is 3. The first-order chi connectivity index (χ1) is 16.3. The minimum atomic E-state index is -0.396. The number of hydrogen-bond acceptors (Lipinski definition) is 6. The second-order valence-corrected chi connectivity index (χ2v) is 9.64. The van der Waals surface area contributed by atoms with Crippen molar-refractivity contribution in [2.75, 3.05) is 46.3 Å². The van der Waals surface area contributed by atoms with Crippen molar-refractivity contribution in [3.05, 3.63) is 59.3 Å². The molecule has 7 heteroatoms. The number of methoxy groups -OCH3 is 2. The molecule has 1 saturated carbocycles. The molecule has 2 aromatic carbocycles. The SMILES string of the molecule is COc1cc2nccc(C3(NC(=O)c4cc(N5CC(N(C)C)C5)ccc4C)CC3)c2cc1OC. The molecule has 1 aromatic heterocycles. The molecule has 2 heterocycles. The van der Waals surface area contributed by atoms with E-state index in [2.05, 4.69) is 40.3 Å². The second-order valence-electron chi connectivity index (χ2n) is 9.64. The van der Waals surface area contributed by atoms with E-state index in [1.165, 1.54) is 0 Å². The molecule has 178 valence electrons. The number of carbonyl (C=O) groups excluding carboxylic acids is 1. The summed E-state index contributed by atoms with van der Waals surface area (Å²) in [6.45, 7) is 3.96. The summed E-state index contributed by atoms with van der Waals surface area (Å²) < 4.78 is 11.0. The van der Waals surface area contributed by atoms with Crippen molar-refractivity contribution in [1.82, 2.24) is 15.2 Å². The molecule has 1 aliphatic heterocycles. The number of rotatable bonds is 7. The van der Waals surface area contributed by atoms with Crippen LogP contribution in [0, 0.1) is 6.92 Å². The minimum absolute atomic E-state index is 0.0352. The average Bonchev–Trinajstić information content (AvgIpc) is 3.57. The quantitative estimate of drug-likeness (QED) is 0.580. The van der Waals surface area contributed by atoms with Crippen molar-refractivity contribution >= 4 is 22.5 Å². The van der Waals surface area contributed by atoms with Gasteiger partial charge in [-0.1, -0.05) is 6.07 Å². The van der Waals surface area contributed by atoms with Crippen LogP contribution in [0.2, 0.25) is 0 Å². The smallest absolute Gasteiger partial charge is 0.252 e. The number of aryl methyl sites for hydroxylation is 1. The van der Waals surface area contributed by atoms with E-state index >= 15 is 0 Å². The van der Waals surface area contributed by atoms with Gasteiger partial charge in [0, 0.05) is 48.0 Å². The molecule has 1 N–H and O–H groups in total. The number of aromatic nitrogens is 1. The highest BCUT2D eigenvalue weighted by Gasteiger charge is 2.47. The van der Waals surface area contributed by atoms with Gasteiger partial charge in [-0.3, -0.25) is 9.78 Å². The Balaban J connectivity index is 1.43. The maximum Gasteiger partial charge on any atom is 0.252 e. The predicted molar refractivity (Wildman–Crippen MR) is 134 cm³/mol. The Morgan fingerprint density at radius 2 is 1.79 bits per heavy atom. The molecule has 0 unspecified atom stereocenters. The molecule has 3 aromatic rings. The van der Waals surface area contributed by atoms with E-state index in [9.17, 15) is 4.79 Å². The van der Waals surface area contributed by atoms with E-state index in [4.69, 9.17) is 9.47 Å². The molecule has 2 fully saturated rings. The number of anilines is 1. The van der Waals surface area contributed by atoms with Crippen LogP contribution in [-0.4, -0.2) is 63.2 Å². The molecular formula is C27H32N4O3. The number of amides is 1. The highest BCUT2D eigenvalue weighted by atomic mass is 16.5. The summed E-state index contributed by atoms with van der Waals surface area (Å²) in [5, 5.41) is 4.33. The van der Waals surface area contributed by atoms with Gasteiger partial charge in [0.05, 0.1) is 25.3 Å². The molecular weight excluding hydrogens is 428 g/mol. The van der Waals surface area contributed by atoms with Crippen LogP contribution in [0.3, 0.4) is 0 Å². The van der Waals surface area contributed by atoms with Crippen LogP contribution >= 0.6 is 0 Å². The van der Waals surface area contributed by atoms with Crippen molar-refractivity contribution in [1.29, 1.82) is 0 Å². The molecule has 34 heavy (non-hydrogen) atoms. The van der Waals surface area contributed by atoms with Crippen molar-refractivity contribution in [3.8, 4) is 11.5 Å². The summed E-state index contributed by atoms with van der Waals surface area (Å²) in [5.74, 6) is 1.26. The monoisotopic (exact) mass is 460 g/mol. The lowest BCUT2D eigenvalue weighted by atomic mass is 9.98. The summed E-state index contributed by atoms with van der Waals surface area (Å²) in [7, 11) is 7.47. The standard InChI is InChI=1S/C27H32N4O3/c1-17-6-7-18(31-15-19(16-31)30(2)3)12-20(17)26(32)29-27(9-10-27)22-8-11-28-23-14-25(34-5)24(33-4)13-21(22)23/h6-8,11-14,19H,9-10,15-16H2,1-5H3,(H,29,32). The maximum atomic E-state index is 13.5. The molecule has 0 atom stereocenters. The van der Waals surface area contributed by atoms with Crippen LogP contribution in [-0.2, 0) is 5.54 Å². The van der Waals surface area contributed by atoms with Crippen LogP contribution in [0.1, 0.15) is 34.3 Å². The van der Waals surface area contributed by atoms with Crippen LogP contribution in [0.4, 0.5) is 5.69 Å². The van der Waals surface area contributed by atoms with E-state index in [1.807, 2.05) is 37.3 Å². The number of pyridine rings is 1. The highest BCUT2D eigenvalue weighted by Crippen LogP contribution is 2.49. The van der Waals surface area contributed by atoms with Crippen molar-refractivity contribution in [2.45, 2.75) is 31.3 Å². The lowest BCUT2D eigenvalue weighted by Gasteiger charge is -2.44. The fraction of sp³-hybridized carbons (Fsp3) is 0.407. The number of ether oxygens (including phenoxy) is 2. The third kappa shape index (κ3) is 3.84. The first-order valence-corrected chi connectivity index (χ1v) is 11.7. The van der Waals surface area contributed by atoms with E-state index in [-0.39, 0.29) is 5.91 Å². The Hall–Kier alpha value is -3.32. The first kappa shape index (κ1) is 22.5. The van der Waals surface area contributed by atoms with Crippen molar-refractivity contribution < 1.29 is 14.3 Å². The number of carbonyl (C=O) groups is 1. The molecule has 1 aliphatic carbocycles. The summed E-state index contributed by atoms with van der Waals surface area (Å²) in [4.78, 5) is 22.6.